The van der Waals surface area contributed by atoms with E-state index in [1.807, 2.05) is 0 Å². The molecular formula is C9H11BrFNO2. The molecule has 78 valence electrons. The molecule has 14 heavy (non-hydrogen) atoms. The Balaban J connectivity index is 3.10. The predicted molar refractivity (Wildman–Crippen MR) is 53.6 cm³/mol. The molecule has 1 heterocycles. The fourth-order valence-electron chi connectivity index (χ4n) is 1.09. The van der Waals surface area contributed by atoms with Gasteiger partial charge in [-0.15, -0.1) is 0 Å². The minimum atomic E-state index is -1.40. The normalized spacial score (nSPS) is 11.7. The standard InChI is InChI=1S/C9H11BrFNO2/c1-13-9(6-11,14-2)7-4-3-5-8(10)12-7/h3-5H,6H2,1-2H3. The van der Waals surface area contributed by atoms with Crippen molar-refractivity contribution in [3.63, 3.8) is 0 Å². The smallest absolute Gasteiger partial charge is 0.241 e. The van der Waals surface area contributed by atoms with E-state index in [1.165, 1.54) is 14.2 Å². The number of rotatable bonds is 4. The molecule has 0 aliphatic heterocycles. The van der Waals surface area contributed by atoms with Crippen molar-refractivity contribution >= 4 is 15.9 Å². The highest BCUT2D eigenvalue weighted by molar-refractivity contribution is 9.10. The van der Waals surface area contributed by atoms with E-state index < -0.39 is 12.5 Å². The third-order valence-corrected chi connectivity index (χ3v) is 2.38. The molecule has 0 saturated carbocycles. The van der Waals surface area contributed by atoms with Crippen molar-refractivity contribution in [2.45, 2.75) is 5.79 Å². The van der Waals surface area contributed by atoms with Crippen LogP contribution in [0.3, 0.4) is 0 Å². The van der Waals surface area contributed by atoms with Crippen LogP contribution < -0.4 is 0 Å². The molecule has 0 bridgehead atoms. The van der Waals surface area contributed by atoms with Gasteiger partial charge in [0, 0.05) is 14.2 Å². The van der Waals surface area contributed by atoms with Crippen molar-refractivity contribution < 1.29 is 13.9 Å². The average Bonchev–Trinajstić information content (AvgIpc) is 2.22. The zero-order valence-corrected chi connectivity index (χ0v) is 9.54. The Morgan fingerprint density at radius 3 is 2.50 bits per heavy atom. The van der Waals surface area contributed by atoms with Crippen LogP contribution in [0, 0.1) is 0 Å². The highest BCUT2D eigenvalue weighted by Crippen LogP contribution is 2.25. The first-order chi connectivity index (χ1) is 6.68. The molecular weight excluding hydrogens is 253 g/mol. The number of ether oxygens (including phenoxy) is 2. The summed E-state index contributed by atoms with van der Waals surface area (Å²) in [6, 6.07) is 5.14. The molecule has 0 unspecified atom stereocenters. The highest BCUT2D eigenvalue weighted by atomic mass is 79.9. The molecule has 1 aromatic rings. The Bertz CT molecular complexity index is 296. The monoisotopic (exact) mass is 263 g/mol. The summed E-state index contributed by atoms with van der Waals surface area (Å²) in [4.78, 5) is 4.08. The van der Waals surface area contributed by atoms with Crippen LogP contribution in [0.4, 0.5) is 4.39 Å². The predicted octanol–water partition coefficient (Wildman–Crippen LogP) is 2.26. The van der Waals surface area contributed by atoms with Gasteiger partial charge in [0.25, 0.3) is 0 Å². The van der Waals surface area contributed by atoms with Crippen molar-refractivity contribution in [1.29, 1.82) is 0 Å². The molecule has 0 amide bonds. The topological polar surface area (TPSA) is 31.4 Å². The zero-order valence-electron chi connectivity index (χ0n) is 7.96. The van der Waals surface area contributed by atoms with Gasteiger partial charge < -0.3 is 9.47 Å². The molecule has 0 aliphatic carbocycles. The zero-order chi connectivity index (χ0) is 10.6. The van der Waals surface area contributed by atoms with Crippen LogP contribution in [0.5, 0.6) is 0 Å². The SMILES string of the molecule is COC(CF)(OC)c1cccc(Br)n1. The van der Waals surface area contributed by atoms with Gasteiger partial charge in [0.05, 0.1) is 0 Å². The van der Waals surface area contributed by atoms with E-state index in [9.17, 15) is 4.39 Å². The maximum Gasteiger partial charge on any atom is 0.241 e. The molecule has 1 rings (SSSR count). The summed E-state index contributed by atoms with van der Waals surface area (Å²) < 4.78 is 23.4. The van der Waals surface area contributed by atoms with Crippen molar-refractivity contribution in [3.05, 3.63) is 28.5 Å². The molecule has 0 N–H and O–H groups in total. The van der Waals surface area contributed by atoms with Crippen LogP contribution in [-0.4, -0.2) is 25.9 Å². The van der Waals surface area contributed by atoms with Crippen molar-refractivity contribution in [1.82, 2.24) is 4.98 Å². The summed E-state index contributed by atoms with van der Waals surface area (Å²) in [6.45, 7) is -0.788. The lowest BCUT2D eigenvalue weighted by molar-refractivity contribution is -0.227. The Morgan fingerprint density at radius 2 is 2.07 bits per heavy atom. The maximum atomic E-state index is 12.8. The van der Waals surface area contributed by atoms with Crippen molar-refractivity contribution in [2.75, 3.05) is 20.9 Å². The van der Waals surface area contributed by atoms with Gasteiger partial charge in [0.15, 0.2) is 0 Å². The van der Waals surface area contributed by atoms with E-state index in [2.05, 4.69) is 20.9 Å². The summed E-state index contributed by atoms with van der Waals surface area (Å²) in [5.74, 6) is -1.40. The Morgan fingerprint density at radius 1 is 1.43 bits per heavy atom. The highest BCUT2D eigenvalue weighted by Gasteiger charge is 2.34. The molecule has 3 nitrogen and oxygen atoms in total. The lowest BCUT2D eigenvalue weighted by Crippen LogP contribution is -2.34. The van der Waals surface area contributed by atoms with Crippen LogP contribution in [0.1, 0.15) is 5.69 Å². The average molecular weight is 264 g/mol. The Labute approximate surface area is 90.4 Å². The molecule has 0 fully saturated rings. The first-order valence-corrected chi connectivity index (χ1v) is 4.77. The number of halogens is 2. The fourth-order valence-corrected chi connectivity index (χ4v) is 1.43. The number of hydrogen-bond acceptors (Lipinski definition) is 3. The van der Waals surface area contributed by atoms with Crippen LogP contribution in [0.15, 0.2) is 22.8 Å². The van der Waals surface area contributed by atoms with Gasteiger partial charge in [-0.1, -0.05) is 6.07 Å². The van der Waals surface area contributed by atoms with Gasteiger partial charge in [0.1, 0.15) is 17.0 Å². The first kappa shape index (κ1) is 11.6. The largest absolute Gasteiger partial charge is 0.346 e. The molecule has 0 aromatic carbocycles. The summed E-state index contributed by atoms with van der Waals surface area (Å²) in [7, 11) is 2.76. The van der Waals surface area contributed by atoms with Crippen molar-refractivity contribution in [2.24, 2.45) is 0 Å². The van der Waals surface area contributed by atoms with E-state index in [1.54, 1.807) is 18.2 Å². The number of alkyl halides is 1. The molecule has 1 aromatic heterocycles. The number of pyridine rings is 1. The minimum absolute atomic E-state index is 0.402. The molecule has 0 radical (unpaired) electrons. The van der Waals surface area contributed by atoms with E-state index >= 15 is 0 Å². The van der Waals surface area contributed by atoms with E-state index in [4.69, 9.17) is 9.47 Å². The van der Waals surface area contributed by atoms with Crippen LogP contribution in [0.25, 0.3) is 0 Å². The van der Waals surface area contributed by atoms with Gasteiger partial charge in [-0.25, -0.2) is 9.37 Å². The second-order valence-electron chi connectivity index (χ2n) is 2.64. The summed E-state index contributed by atoms with van der Waals surface area (Å²) in [6.07, 6.45) is 0. The van der Waals surface area contributed by atoms with Crippen LogP contribution >= 0.6 is 15.9 Å². The fraction of sp³-hybridized carbons (Fsp3) is 0.444. The molecule has 0 aliphatic rings. The van der Waals surface area contributed by atoms with E-state index in [0.717, 1.165) is 0 Å². The van der Waals surface area contributed by atoms with Crippen LogP contribution in [0.2, 0.25) is 0 Å². The molecule has 0 saturated heterocycles. The third kappa shape index (κ3) is 2.10. The molecule has 0 atom stereocenters. The summed E-state index contributed by atoms with van der Waals surface area (Å²) >= 11 is 3.20. The molecule has 0 spiro atoms. The second-order valence-corrected chi connectivity index (χ2v) is 3.45. The van der Waals surface area contributed by atoms with E-state index in [0.29, 0.717) is 10.3 Å². The maximum absolute atomic E-state index is 12.8. The Kier molecular flexibility index (Phi) is 3.97. The summed E-state index contributed by atoms with van der Waals surface area (Å²) in [5, 5.41) is 0. The number of hydrogen-bond donors (Lipinski definition) is 0. The summed E-state index contributed by atoms with van der Waals surface area (Å²) in [5.41, 5.74) is 0.402. The number of nitrogens with zero attached hydrogens (tertiary/aromatic N) is 1. The number of methoxy groups -OCH3 is 2. The van der Waals surface area contributed by atoms with Gasteiger partial charge >= 0.3 is 0 Å². The van der Waals surface area contributed by atoms with Gasteiger partial charge in [-0.3, -0.25) is 0 Å². The third-order valence-electron chi connectivity index (χ3n) is 1.94. The quantitative estimate of drug-likeness (QED) is 0.617. The Hall–Kier alpha value is -0.520. The van der Waals surface area contributed by atoms with Crippen LogP contribution in [-0.2, 0) is 15.3 Å². The van der Waals surface area contributed by atoms with Gasteiger partial charge in [0.2, 0.25) is 5.79 Å². The minimum Gasteiger partial charge on any atom is -0.346 e. The van der Waals surface area contributed by atoms with Gasteiger partial charge in [-0.05, 0) is 28.1 Å². The number of aromatic nitrogens is 1. The lowest BCUT2D eigenvalue weighted by atomic mass is 10.2. The first-order valence-electron chi connectivity index (χ1n) is 3.98. The van der Waals surface area contributed by atoms with Crippen molar-refractivity contribution in [3.8, 4) is 0 Å². The van der Waals surface area contributed by atoms with E-state index in [-0.39, 0.29) is 0 Å². The van der Waals surface area contributed by atoms with Gasteiger partial charge in [-0.2, -0.15) is 0 Å². The second kappa shape index (κ2) is 4.82. The molecule has 5 heteroatoms. The lowest BCUT2D eigenvalue weighted by Gasteiger charge is -2.26.